The molecule has 3 aromatic carbocycles. The molecule has 1 aromatic heterocycles. The number of carbonyl (C=O) groups is 3. The van der Waals surface area contributed by atoms with Crippen LogP contribution < -0.4 is 30.6 Å². The summed E-state index contributed by atoms with van der Waals surface area (Å²) < 4.78 is 72.7. The first-order valence-electron chi connectivity index (χ1n) is 21.4. The van der Waals surface area contributed by atoms with E-state index < -0.39 is 56.3 Å². The summed E-state index contributed by atoms with van der Waals surface area (Å²) in [7, 11) is -2.70. The Morgan fingerprint density at radius 3 is 2.51 bits per heavy atom. The zero-order chi connectivity index (χ0) is 46.3. The standard InChI is InChI=1S/C44H49F2N9O9S/c1-3-52(2)65(61,62)51-35-8-6-32(45)40(31(35)24-47)64-29-5-7-34-30(21-29)42(59)55(26-48-34)28-22-44(63-25-28)14-18-54(19-15-44)39(57)23-43(60)12-16-53(17-13-43)37-10-4-27(20-33(37)46)49-36-9-11-38(56)50-41(36)58/h4-8,10,20-21,26,28,36,49,51,60H,3,9,11-19,22-23,25H2,1-2H3,(H,50,56,58). The highest BCUT2D eigenvalue weighted by molar-refractivity contribution is 7.90. The van der Waals surface area contributed by atoms with Gasteiger partial charge in [0.2, 0.25) is 17.7 Å². The zero-order valence-corrected chi connectivity index (χ0v) is 36.6. The molecule has 1 spiro atoms. The molecular formula is C44H49F2N9O9S. The molecular weight excluding hydrogens is 869 g/mol. The van der Waals surface area contributed by atoms with Crippen molar-refractivity contribution in [2.75, 3.05) is 61.3 Å². The number of ether oxygens (including phenoxy) is 2. The maximum atomic E-state index is 15.3. The molecule has 5 heterocycles. The number of fused-ring (bicyclic) bond motifs is 1. The van der Waals surface area contributed by atoms with Crippen LogP contribution >= 0.6 is 0 Å². The van der Waals surface area contributed by atoms with Crippen LogP contribution in [0.3, 0.4) is 0 Å². The molecule has 0 saturated carbocycles. The maximum Gasteiger partial charge on any atom is 0.301 e. The molecule has 344 valence electrons. The molecule has 2 unspecified atom stereocenters. The van der Waals surface area contributed by atoms with Crippen LogP contribution in [0.15, 0.2) is 59.7 Å². The Kier molecular flexibility index (Phi) is 12.6. The van der Waals surface area contributed by atoms with Crippen molar-refractivity contribution in [3.05, 3.63) is 82.4 Å². The van der Waals surface area contributed by atoms with E-state index in [1.165, 1.54) is 42.2 Å². The van der Waals surface area contributed by atoms with Gasteiger partial charge in [0.05, 0.1) is 58.9 Å². The average molecular weight is 918 g/mol. The summed E-state index contributed by atoms with van der Waals surface area (Å²) in [5.74, 6) is -2.90. The molecule has 4 saturated heterocycles. The van der Waals surface area contributed by atoms with Gasteiger partial charge in [0.25, 0.3) is 5.56 Å². The summed E-state index contributed by atoms with van der Waals surface area (Å²) >= 11 is 0. The van der Waals surface area contributed by atoms with Crippen molar-refractivity contribution in [3.8, 4) is 17.6 Å². The number of aliphatic hydroxyl groups is 1. The van der Waals surface area contributed by atoms with E-state index in [1.54, 1.807) is 24.0 Å². The van der Waals surface area contributed by atoms with Gasteiger partial charge in [-0.15, -0.1) is 0 Å². The van der Waals surface area contributed by atoms with Gasteiger partial charge < -0.3 is 29.7 Å². The van der Waals surface area contributed by atoms with E-state index in [0.29, 0.717) is 68.8 Å². The Bertz CT molecular complexity index is 2750. The Hall–Kier alpha value is -6.21. The summed E-state index contributed by atoms with van der Waals surface area (Å²) in [5, 5.41) is 26.8. The Balaban J connectivity index is 0.859. The molecule has 3 amide bonds. The lowest BCUT2D eigenvalue weighted by molar-refractivity contribution is -0.142. The lowest BCUT2D eigenvalue weighted by Gasteiger charge is -2.42. The lowest BCUT2D eigenvalue weighted by atomic mass is 9.85. The minimum Gasteiger partial charge on any atom is -0.453 e. The molecule has 4 aliphatic heterocycles. The second kappa shape index (κ2) is 18.0. The number of nitrogens with one attached hydrogen (secondary N) is 3. The molecule has 0 bridgehead atoms. The van der Waals surface area contributed by atoms with E-state index in [9.17, 15) is 38.0 Å². The van der Waals surface area contributed by atoms with Crippen LogP contribution in [0.4, 0.5) is 25.8 Å². The first-order chi connectivity index (χ1) is 31.0. The molecule has 4 fully saturated rings. The van der Waals surface area contributed by atoms with Crippen molar-refractivity contribution >= 4 is 55.9 Å². The summed E-state index contributed by atoms with van der Waals surface area (Å²) in [4.78, 5) is 59.1. The number of carbonyl (C=O) groups excluding carboxylic acids is 3. The number of halogens is 2. The molecule has 65 heavy (non-hydrogen) atoms. The normalized spacial score (nSPS) is 20.8. The lowest BCUT2D eigenvalue weighted by Crippen LogP contribution is -2.51. The summed E-state index contributed by atoms with van der Waals surface area (Å²) in [6, 6.07) is 11.8. The summed E-state index contributed by atoms with van der Waals surface area (Å²) in [6.45, 7) is 3.44. The monoisotopic (exact) mass is 917 g/mol. The predicted molar refractivity (Wildman–Crippen MR) is 233 cm³/mol. The van der Waals surface area contributed by atoms with Gasteiger partial charge in [-0.25, -0.2) is 13.8 Å². The maximum absolute atomic E-state index is 15.3. The van der Waals surface area contributed by atoms with Gasteiger partial charge in [-0.1, -0.05) is 6.92 Å². The number of aromatic nitrogens is 2. The van der Waals surface area contributed by atoms with Gasteiger partial charge in [-0.2, -0.15) is 18.0 Å². The van der Waals surface area contributed by atoms with Crippen molar-refractivity contribution in [1.82, 2.24) is 24.1 Å². The molecule has 0 aliphatic carbocycles. The molecule has 21 heteroatoms. The fraction of sp³-hybridized carbons (Fsp3) is 0.455. The zero-order valence-electron chi connectivity index (χ0n) is 35.8. The van der Waals surface area contributed by atoms with Crippen LogP contribution in [-0.2, 0) is 29.3 Å². The number of rotatable bonds is 12. The molecule has 4 aliphatic rings. The molecule has 2 atom stereocenters. The smallest absolute Gasteiger partial charge is 0.301 e. The fourth-order valence-corrected chi connectivity index (χ4v) is 9.87. The van der Waals surface area contributed by atoms with Gasteiger partial charge >= 0.3 is 10.2 Å². The second-order valence-corrected chi connectivity index (χ2v) is 18.9. The molecule has 18 nitrogen and oxygen atoms in total. The Morgan fingerprint density at radius 2 is 1.82 bits per heavy atom. The number of likely N-dealkylation sites (tertiary alicyclic amines) is 1. The van der Waals surface area contributed by atoms with Gasteiger partial charge in [0.15, 0.2) is 11.6 Å². The van der Waals surface area contributed by atoms with Crippen LogP contribution in [0, 0.1) is 23.0 Å². The van der Waals surface area contributed by atoms with Gasteiger partial charge in [0.1, 0.15) is 29.2 Å². The molecule has 0 radical (unpaired) electrons. The first-order valence-corrected chi connectivity index (χ1v) is 22.9. The number of amides is 3. The number of benzene rings is 3. The molecule has 4 aromatic rings. The van der Waals surface area contributed by atoms with Crippen LogP contribution in [0.5, 0.6) is 11.5 Å². The number of nitrogens with zero attached hydrogens (tertiary/aromatic N) is 6. The number of piperidine rings is 3. The number of imide groups is 1. The SMILES string of the molecule is CCN(C)S(=O)(=O)Nc1ccc(F)c(Oc2ccc3ncn(C4COC5(CCN(C(=O)CC6(O)CCN(c7ccc(NC8CCC(=O)NC8=O)cc7F)CC6)CC5)C4)c(=O)c3c2)c1C#N. The van der Waals surface area contributed by atoms with Crippen LogP contribution in [0.1, 0.15) is 69.9 Å². The van der Waals surface area contributed by atoms with E-state index in [-0.39, 0.29) is 79.1 Å². The van der Waals surface area contributed by atoms with Crippen molar-refractivity contribution < 1.29 is 46.2 Å². The van der Waals surface area contributed by atoms with E-state index in [4.69, 9.17) is 9.47 Å². The minimum absolute atomic E-state index is 0.0170. The van der Waals surface area contributed by atoms with E-state index in [0.717, 1.165) is 16.4 Å². The number of nitriles is 1. The minimum atomic E-state index is -4.04. The average Bonchev–Trinajstić information content (AvgIpc) is 3.68. The van der Waals surface area contributed by atoms with Crippen molar-refractivity contribution in [1.29, 1.82) is 5.26 Å². The summed E-state index contributed by atoms with van der Waals surface area (Å²) in [6.07, 6.45) is 3.89. The molecule has 4 N–H and O–H groups in total. The summed E-state index contributed by atoms with van der Waals surface area (Å²) in [5.41, 5.74) is -1.73. The Morgan fingerprint density at radius 1 is 1.06 bits per heavy atom. The van der Waals surface area contributed by atoms with E-state index >= 15 is 8.78 Å². The third kappa shape index (κ3) is 9.47. The third-order valence-electron chi connectivity index (χ3n) is 12.9. The third-order valence-corrected chi connectivity index (χ3v) is 14.5. The first kappa shape index (κ1) is 45.4. The van der Waals surface area contributed by atoms with Crippen molar-refractivity contribution in [3.63, 3.8) is 0 Å². The highest BCUT2D eigenvalue weighted by Gasteiger charge is 2.45. The quantitative estimate of drug-likeness (QED) is 0.148. The fourth-order valence-electron chi connectivity index (χ4n) is 8.93. The van der Waals surface area contributed by atoms with Crippen molar-refractivity contribution in [2.45, 2.75) is 81.6 Å². The van der Waals surface area contributed by atoms with E-state index in [1.807, 2.05) is 11.0 Å². The van der Waals surface area contributed by atoms with Gasteiger partial charge in [-0.3, -0.25) is 33.8 Å². The highest BCUT2D eigenvalue weighted by Crippen LogP contribution is 2.41. The van der Waals surface area contributed by atoms with Crippen LogP contribution in [-0.4, -0.2) is 114 Å². The van der Waals surface area contributed by atoms with Crippen LogP contribution in [0.25, 0.3) is 10.9 Å². The molecule has 8 rings (SSSR count). The predicted octanol–water partition coefficient (Wildman–Crippen LogP) is 3.91. The second-order valence-electron chi connectivity index (χ2n) is 17.1. The van der Waals surface area contributed by atoms with Crippen molar-refractivity contribution in [2.24, 2.45) is 0 Å². The topological polar surface area (TPSA) is 229 Å². The largest absolute Gasteiger partial charge is 0.453 e. The number of hydrogen-bond donors (Lipinski definition) is 4. The number of anilines is 3. The van der Waals surface area contributed by atoms with Crippen LogP contribution in [0.2, 0.25) is 0 Å². The Labute approximate surface area is 373 Å². The highest BCUT2D eigenvalue weighted by atomic mass is 32.2. The van der Waals surface area contributed by atoms with Gasteiger partial charge in [0, 0.05) is 51.9 Å². The number of hydrogen-bond acceptors (Lipinski definition) is 13. The van der Waals surface area contributed by atoms with Gasteiger partial charge in [-0.05, 0) is 87.1 Å². The van der Waals surface area contributed by atoms with E-state index in [2.05, 4.69) is 20.3 Å².